The van der Waals surface area contributed by atoms with Crippen LogP contribution in [-0.4, -0.2) is 47.2 Å². The molecule has 3 rings (SSSR count). The first-order valence-corrected chi connectivity index (χ1v) is 8.67. The highest BCUT2D eigenvalue weighted by Gasteiger charge is 2.43. The number of hydrogen-bond donors (Lipinski definition) is 1. The summed E-state index contributed by atoms with van der Waals surface area (Å²) in [6.07, 6.45) is -0.998. The fourth-order valence-electron chi connectivity index (χ4n) is 2.98. The maximum absolute atomic E-state index is 13.1. The Labute approximate surface area is 156 Å². The van der Waals surface area contributed by atoms with Gasteiger partial charge in [-0.2, -0.15) is 0 Å². The number of aliphatic hydroxyl groups is 1. The normalized spacial score (nSPS) is 18.3. The number of amides is 3. The molecule has 7 heteroatoms. The van der Waals surface area contributed by atoms with Crippen LogP contribution in [0.25, 0.3) is 0 Å². The number of urea groups is 1. The van der Waals surface area contributed by atoms with Gasteiger partial charge in [-0.25, -0.2) is 9.18 Å². The molecule has 1 N–H and O–H groups in total. The highest BCUT2D eigenvalue weighted by Crippen LogP contribution is 2.26. The molecule has 142 valence electrons. The molecule has 6 nitrogen and oxygen atoms in total. The highest BCUT2D eigenvalue weighted by atomic mass is 19.1. The molecule has 0 bridgehead atoms. The van der Waals surface area contributed by atoms with Crippen LogP contribution < -0.4 is 4.90 Å². The molecule has 0 saturated carbocycles. The van der Waals surface area contributed by atoms with Gasteiger partial charge in [0.2, 0.25) is 0 Å². The van der Waals surface area contributed by atoms with Crippen LogP contribution in [0.5, 0.6) is 0 Å². The summed E-state index contributed by atoms with van der Waals surface area (Å²) in [6, 6.07) is 13.6. The monoisotopic (exact) mass is 372 g/mol. The molecule has 0 aromatic heterocycles. The van der Waals surface area contributed by atoms with Gasteiger partial charge in [0.25, 0.3) is 5.91 Å². The molecule has 1 heterocycles. The van der Waals surface area contributed by atoms with E-state index >= 15 is 0 Å². The number of benzene rings is 2. The number of anilines is 1. The van der Waals surface area contributed by atoms with Crippen molar-refractivity contribution in [3.63, 3.8) is 0 Å². The lowest BCUT2D eigenvalue weighted by Crippen LogP contribution is -2.40. The lowest BCUT2D eigenvalue weighted by atomic mass is 10.2. The molecule has 0 radical (unpaired) electrons. The predicted octanol–water partition coefficient (Wildman–Crippen LogP) is 2.56. The number of nitrogens with zero attached hydrogens (tertiary/aromatic N) is 2. The second-order valence-electron chi connectivity index (χ2n) is 6.41. The lowest BCUT2D eigenvalue weighted by Gasteiger charge is -2.20. The number of ether oxygens (including phenoxy) is 1. The van der Waals surface area contributed by atoms with Gasteiger partial charge in [-0.15, -0.1) is 0 Å². The Bertz CT molecular complexity index is 797. The van der Waals surface area contributed by atoms with E-state index < -0.39 is 29.9 Å². The van der Waals surface area contributed by atoms with Crippen molar-refractivity contribution in [2.45, 2.75) is 25.7 Å². The average Bonchev–Trinajstić information content (AvgIpc) is 2.87. The number of aliphatic hydroxyl groups excluding tert-OH is 1. The van der Waals surface area contributed by atoms with E-state index in [2.05, 4.69) is 0 Å². The van der Waals surface area contributed by atoms with E-state index in [4.69, 9.17) is 4.74 Å². The smallest absolute Gasteiger partial charge is 0.332 e. The van der Waals surface area contributed by atoms with Crippen LogP contribution in [-0.2, 0) is 16.1 Å². The predicted molar refractivity (Wildman–Crippen MR) is 97.6 cm³/mol. The van der Waals surface area contributed by atoms with Crippen LogP contribution in [0.4, 0.5) is 14.9 Å². The third kappa shape index (κ3) is 4.32. The minimum atomic E-state index is -0.998. The molecule has 1 aliphatic heterocycles. The number of imide groups is 1. The minimum absolute atomic E-state index is 0.00309. The molecule has 2 unspecified atom stereocenters. The SMILES string of the molecule is CC1C(=O)N(CC(O)COCc2ccccc2)C(=O)N1c1ccc(F)cc1. The van der Waals surface area contributed by atoms with Crippen molar-refractivity contribution in [1.82, 2.24) is 4.90 Å². The van der Waals surface area contributed by atoms with Gasteiger partial charge in [-0.05, 0) is 36.8 Å². The van der Waals surface area contributed by atoms with Crippen LogP contribution in [0.15, 0.2) is 54.6 Å². The van der Waals surface area contributed by atoms with Gasteiger partial charge in [0.15, 0.2) is 0 Å². The Morgan fingerprint density at radius 2 is 1.78 bits per heavy atom. The maximum Gasteiger partial charge on any atom is 0.332 e. The number of halogens is 1. The fraction of sp³-hybridized carbons (Fsp3) is 0.300. The van der Waals surface area contributed by atoms with Crippen LogP contribution in [0, 0.1) is 5.82 Å². The summed E-state index contributed by atoms with van der Waals surface area (Å²) >= 11 is 0. The van der Waals surface area contributed by atoms with Crippen molar-refractivity contribution in [2.75, 3.05) is 18.1 Å². The zero-order chi connectivity index (χ0) is 19.4. The molecule has 1 saturated heterocycles. The summed E-state index contributed by atoms with van der Waals surface area (Å²) in [4.78, 5) is 27.4. The fourth-order valence-corrected chi connectivity index (χ4v) is 2.98. The zero-order valence-corrected chi connectivity index (χ0v) is 14.9. The van der Waals surface area contributed by atoms with Crippen LogP contribution in [0.3, 0.4) is 0 Å². The summed E-state index contributed by atoms with van der Waals surface area (Å²) in [7, 11) is 0. The summed E-state index contributed by atoms with van der Waals surface area (Å²) in [6.45, 7) is 1.77. The van der Waals surface area contributed by atoms with Gasteiger partial charge in [0, 0.05) is 5.69 Å². The molecule has 0 spiro atoms. The third-order valence-electron chi connectivity index (χ3n) is 4.37. The Morgan fingerprint density at radius 3 is 2.44 bits per heavy atom. The molecule has 2 aromatic carbocycles. The van der Waals surface area contributed by atoms with Crippen molar-refractivity contribution in [3.8, 4) is 0 Å². The van der Waals surface area contributed by atoms with E-state index in [1.807, 2.05) is 30.3 Å². The molecule has 27 heavy (non-hydrogen) atoms. The Kier molecular flexibility index (Phi) is 5.83. The molecule has 2 aromatic rings. The van der Waals surface area contributed by atoms with E-state index in [1.54, 1.807) is 6.92 Å². The van der Waals surface area contributed by atoms with Gasteiger partial charge in [-0.3, -0.25) is 14.6 Å². The van der Waals surface area contributed by atoms with Gasteiger partial charge in [0.1, 0.15) is 11.9 Å². The van der Waals surface area contributed by atoms with E-state index in [1.165, 1.54) is 29.2 Å². The first-order chi connectivity index (χ1) is 13.0. The highest BCUT2D eigenvalue weighted by molar-refractivity contribution is 6.14. The second-order valence-corrected chi connectivity index (χ2v) is 6.41. The summed E-state index contributed by atoms with van der Waals surface area (Å²) < 4.78 is 18.6. The zero-order valence-electron chi connectivity index (χ0n) is 14.9. The number of β-amino-alcohol motifs (C(OH)–C–C–N with tert-alkyl or cyclic N) is 1. The molecule has 1 aliphatic rings. The standard InChI is InChI=1S/C20H21FN2O4/c1-14-19(25)22(20(26)23(14)17-9-7-16(21)8-10-17)11-18(24)13-27-12-15-5-3-2-4-6-15/h2-10,14,18,24H,11-13H2,1H3. The van der Waals surface area contributed by atoms with Crippen LogP contribution >= 0.6 is 0 Å². The van der Waals surface area contributed by atoms with Crippen molar-refractivity contribution in [3.05, 3.63) is 66.0 Å². The topological polar surface area (TPSA) is 70.1 Å². The minimum Gasteiger partial charge on any atom is -0.389 e. The number of rotatable bonds is 7. The number of carbonyl (C=O) groups excluding carboxylic acids is 2. The van der Waals surface area contributed by atoms with Gasteiger partial charge in [-0.1, -0.05) is 30.3 Å². The molecular formula is C20H21FN2O4. The molecule has 3 amide bonds. The number of hydrogen-bond acceptors (Lipinski definition) is 4. The van der Waals surface area contributed by atoms with Gasteiger partial charge >= 0.3 is 6.03 Å². The Balaban J connectivity index is 1.58. The van der Waals surface area contributed by atoms with Gasteiger partial charge in [0.05, 0.1) is 25.9 Å². The Hall–Kier alpha value is -2.77. The first-order valence-electron chi connectivity index (χ1n) is 8.67. The summed E-state index contributed by atoms with van der Waals surface area (Å²) in [5.41, 5.74) is 1.40. The van der Waals surface area contributed by atoms with Crippen molar-refractivity contribution >= 4 is 17.6 Å². The quantitative estimate of drug-likeness (QED) is 0.759. The third-order valence-corrected chi connectivity index (χ3v) is 4.37. The second kappa shape index (κ2) is 8.28. The van der Waals surface area contributed by atoms with E-state index in [0.717, 1.165) is 10.5 Å². The molecular weight excluding hydrogens is 351 g/mol. The van der Waals surface area contributed by atoms with Crippen molar-refractivity contribution < 1.29 is 23.8 Å². The van der Waals surface area contributed by atoms with E-state index in [9.17, 15) is 19.1 Å². The molecule has 0 aliphatic carbocycles. The average molecular weight is 372 g/mol. The van der Waals surface area contributed by atoms with E-state index in [-0.39, 0.29) is 13.2 Å². The van der Waals surface area contributed by atoms with Gasteiger partial charge < -0.3 is 9.84 Å². The number of carbonyl (C=O) groups is 2. The largest absolute Gasteiger partial charge is 0.389 e. The maximum atomic E-state index is 13.1. The lowest BCUT2D eigenvalue weighted by molar-refractivity contribution is -0.128. The summed E-state index contributed by atoms with van der Waals surface area (Å²) in [5.74, 6) is -0.835. The van der Waals surface area contributed by atoms with Crippen LogP contribution in [0.1, 0.15) is 12.5 Å². The van der Waals surface area contributed by atoms with Crippen molar-refractivity contribution in [1.29, 1.82) is 0 Å². The summed E-state index contributed by atoms with van der Waals surface area (Å²) in [5, 5.41) is 10.2. The Morgan fingerprint density at radius 1 is 1.11 bits per heavy atom. The van der Waals surface area contributed by atoms with E-state index in [0.29, 0.717) is 12.3 Å². The molecule has 1 fully saturated rings. The first kappa shape index (κ1) is 19.0. The molecule has 2 atom stereocenters. The van der Waals surface area contributed by atoms with Crippen molar-refractivity contribution in [2.24, 2.45) is 0 Å². The van der Waals surface area contributed by atoms with Crippen LogP contribution in [0.2, 0.25) is 0 Å².